The molecule has 4 heteroatoms. The van der Waals surface area contributed by atoms with Crippen LogP contribution in [0, 0.1) is 0 Å². The zero-order chi connectivity index (χ0) is 15.0. The van der Waals surface area contributed by atoms with Gasteiger partial charge in [-0.1, -0.05) is 38.1 Å². The summed E-state index contributed by atoms with van der Waals surface area (Å²) in [6.45, 7) is 4.31. The Hall–Kier alpha value is -1.42. The smallest absolute Gasteiger partial charge is 0.162 e. The number of rotatable bonds is 4. The van der Waals surface area contributed by atoms with Crippen LogP contribution in [0.4, 0.5) is 5.82 Å². The van der Waals surface area contributed by atoms with Crippen molar-refractivity contribution in [2.75, 3.05) is 12.4 Å². The third-order valence-electron chi connectivity index (χ3n) is 3.88. The van der Waals surface area contributed by atoms with Crippen molar-refractivity contribution in [3.05, 3.63) is 40.0 Å². The summed E-state index contributed by atoms with van der Waals surface area (Å²) in [6.07, 6.45) is 2.56. The maximum absolute atomic E-state index is 4.82. The van der Waals surface area contributed by atoms with Gasteiger partial charge in [-0.15, -0.1) is 0 Å². The molecule has 0 spiro atoms. The van der Waals surface area contributed by atoms with Crippen molar-refractivity contribution in [1.82, 2.24) is 9.97 Å². The minimum atomic E-state index is 0.348. The predicted octanol–water partition coefficient (Wildman–Crippen LogP) is 4.95. The molecular weight excluding hydrogens is 326 g/mol. The monoisotopic (exact) mass is 345 g/mol. The normalized spacial score (nSPS) is 14.5. The largest absolute Gasteiger partial charge is 0.372 e. The van der Waals surface area contributed by atoms with Gasteiger partial charge in [0.05, 0.1) is 10.2 Å². The van der Waals surface area contributed by atoms with Gasteiger partial charge in [-0.3, -0.25) is 0 Å². The number of aromatic nitrogens is 2. The van der Waals surface area contributed by atoms with Gasteiger partial charge in [0.15, 0.2) is 5.82 Å². The highest BCUT2D eigenvalue weighted by atomic mass is 79.9. The summed E-state index contributed by atoms with van der Waals surface area (Å²) in [7, 11) is 1.90. The van der Waals surface area contributed by atoms with Crippen LogP contribution >= 0.6 is 15.9 Å². The van der Waals surface area contributed by atoms with Crippen LogP contribution in [0.15, 0.2) is 28.7 Å². The van der Waals surface area contributed by atoms with Crippen LogP contribution in [-0.2, 0) is 0 Å². The Kier molecular flexibility index (Phi) is 3.98. The molecule has 0 saturated heterocycles. The quantitative estimate of drug-likeness (QED) is 0.851. The van der Waals surface area contributed by atoms with Crippen molar-refractivity contribution < 1.29 is 0 Å². The lowest BCUT2D eigenvalue weighted by atomic mass is 10.0. The molecule has 0 atom stereocenters. The third kappa shape index (κ3) is 2.82. The van der Waals surface area contributed by atoms with Crippen LogP contribution in [0.1, 0.15) is 49.8 Å². The molecule has 1 N–H and O–H groups in total. The molecule has 0 aliphatic heterocycles. The van der Waals surface area contributed by atoms with E-state index in [9.17, 15) is 0 Å². The summed E-state index contributed by atoms with van der Waals surface area (Å²) in [5.74, 6) is 2.72. The number of halogens is 1. The number of hydrogen-bond donors (Lipinski definition) is 1. The second-order valence-electron chi connectivity index (χ2n) is 5.86. The van der Waals surface area contributed by atoms with Gasteiger partial charge >= 0.3 is 0 Å². The van der Waals surface area contributed by atoms with Crippen LogP contribution in [0.5, 0.6) is 0 Å². The first-order chi connectivity index (χ1) is 10.1. The first-order valence-electron chi connectivity index (χ1n) is 7.46. The van der Waals surface area contributed by atoms with Crippen molar-refractivity contribution >= 4 is 21.7 Å². The molecule has 1 aliphatic carbocycles. The molecule has 21 heavy (non-hydrogen) atoms. The number of anilines is 1. The van der Waals surface area contributed by atoms with Crippen molar-refractivity contribution in [3.63, 3.8) is 0 Å². The number of nitrogens with one attached hydrogen (secondary N) is 1. The van der Waals surface area contributed by atoms with E-state index < -0.39 is 0 Å². The Morgan fingerprint density at radius 2 is 1.90 bits per heavy atom. The van der Waals surface area contributed by atoms with Crippen LogP contribution < -0.4 is 5.32 Å². The van der Waals surface area contributed by atoms with Gasteiger partial charge in [-0.05, 0) is 46.2 Å². The van der Waals surface area contributed by atoms with E-state index in [-0.39, 0.29) is 0 Å². The zero-order valence-electron chi connectivity index (χ0n) is 12.7. The van der Waals surface area contributed by atoms with E-state index in [0.717, 1.165) is 21.8 Å². The van der Waals surface area contributed by atoms with E-state index >= 15 is 0 Å². The number of nitrogens with zero attached hydrogens (tertiary/aromatic N) is 2. The maximum atomic E-state index is 4.82. The van der Waals surface area contributed by atoms with E-state index in [1.807, 2.05) is 7.05 Å². The van der Waals surface area contributed by atoms with Gasteiger partial charge in [-0.25, -0.2) is 9.97 Å². The highest BCUT2D eigenvalue weighted by Gasteiger charge is 2.27. The minimum absolute atomic E-state index is 0.348. The lowest BCUT2D eigenvalue weighted by molar-refractivity contribution is 0.810. The Bertz CT molecular complexity index is 663. The topological polar surface area (TPSA) is 37.8 Å². The second-order valence-corrected chi connectivity index (χ2v) is 6.65. The van der Waals surface area contributed by atoms with E-state index in [0.29, 0.717) is 11.8 Å². The van der Waals surface area contributed by atoms with Crippen molar-refractivity contribution in [1.29, 1.82) is 0 Å². The summed E-state index contributed by atoms with van der Waals surface area (Å²) in [6, 6.07) is 8.53. The molecule has 0 radical (unpaired) electrons. The summed E-state index contributed by atoms with van der Waals surface area (Å²) in [5.41, 5.74) is 3.61. The van der Waals surface area contributed by atoms with Crippen LogP contribution in [0.2, 0.25) is 0 Å². The molecule has 0 unspecified atom stereocenters. The van der Waals surface area contributed by atoms with Crippen molar-refractivity contribution in [2.45, 2.75) is 38.5 Å². The fourth-order valence-electron chi connectivity index (χ4n) is 2.58. The van der Waals surface area contributed by atoms with E-state index in [2.05, 4.69) is 59.4 Å². The Labute approximate surface area is 134 Å². The highest BCUT2D eigenvalue weighted by molar-refractivity contribution is 9.10. The van der Waals surface area contributed by atoms with Gasteiger partial charge < -0.3 is 5.32 Å². The molecule has 2 aromatic rings. The molecule has 0 bridgehead atoms. The minimum Gasteiger partial charge on any atom is -0.372 e. The molecule has 1 fully saturated rings. The second kappa shape index (κ2) is 5.76. The first-order valence-corrected chi connectivity index (χ1v) is 8.25. The fourth-order valence-corrected chi connectivity index (χ4v) is 3.42. The lowest BCUT2D eigenvalue weighted by Crippen LogP contribution is -2.05. The molecule has 1 heterocycles. The molecule has 0 amide bonds. The molecular formula is C17H20BrN3. The lowest BCUT2D eigenvalue weighted by Gasteiger charge is -2.15. The average molecular weight is 346 g/mol. The van der Waals surface area contributed by atoms with Gasteiger partial charge in [0.2, 0.25) is 0 Å². The standard InChI is InChI=1S/C17H20BrN3/c1-10(2)15-14(18)17(19-3)21-16(20-15)13-7-5-4-6-12(13)11-8-9-11/h4-7,10-11H,8-9H2,1-3H3,(H,19,20,21). The van der Waals surface area contributed by atoms with Crippen LogP contribution in [0.3, 0.4) is 0 Å². The van der Waals surface area contributed by atoms with Gasteiger partial charge in [-0.2, -0.15) is 0 Å². The SMILES string of the molecule is CNc1nc(-c2ccccc2C2CC2)nc(C(C)C)c1Br. The Balaban J connectivity index is 2.16. The average Bonchev–Trinajstić information content (AvgIpc) is 3.32. The van der Waals surface area contributed by atoms with Gasteiger partial charge in [0.1, 0.15) is 5.82 Å². The molecule has 1 saturated carbocycles. The van der Waals surface area contributed by atoms with Gasteiger partial charge in [0, 0.05) is 12.6 Å². The van der Waals surface area contributed by atoms with E-state index in [4.69, 9.17) is 9.97 Å². The van der Waals surface area contributed by atoms with Crippen molar-refractivity contribution in [2.24, 2.45) is 0 Å². The highest BCUT2D eigenvalue weighted by Crippen LogP contribution is 2.44. The first kappa shape index (κ1) is 14.5. The number of hydrogen-bond acceptors (Lipinski definition) is 3. The maximum Gasteiger partial charge on any atom is 0.162 e. The number of benzene rings is 1. The predicted molar refractivity (Wildman–Crippen MR) is 90.8 cm³/mol. The molecule has 3 nitrogen and oxygen atoms in total. The molecule has 110 valence electrons. The molecule has 1 aromatic heterocycles. The molecule has 1 aromatic carbocycles. The Morgan fingerprint density at radius 1 is 1.19 bits per heavy atom. The molecule has 3 rings (SSSR count). The summed E-state index contributed by atoms with van der Waals surface area (Å²) < 4.78 is 0.965. The summed E-state index contributed by atoms with van der Waals surface area (Å²) in [4.78, 5) is 9.53. The van der Waals surface area contributed by atoms with E-state index in [1.54, 1.807) is 0 Å². The molecule has 1 aliphatic rings. The zero-order valence-corrected chi connectivity index (χ0v) is 14.2. The summed E-state index contributed by atoms with van der Waals surface area (Å²) in [5, 5.41) is 3.17. The van der Waals surface area contributed by atoms with E-state index in [1.165, 1.54) is 24.0 Å². The van der Waals surface area contributed by atoms with Crippen LogP contribution in [0.25, 0.3) is 11.4 Å². The van der Waals surface area contributed by atoms with Gasteiger partial charge in [0.25, 0.3) is 0 Å². The third-order valence-corrected chi connectivity index (χ3v) is 4.66. The Morgan fingerprint density at radius 3 is 2.52 bits per heavy atom. The van der Waals surface area contributed by atoms with Crippen LogP contribution in [-0.4, -0.2) is 17.0 Å². The summed E-state index contributed by atoms with van der Waals surface area (Å²) >= 11 is 3.62. The van der Waals surface area contributed by atoms with Crippen molar-refractivity contribution in [3.8, 4) is 11.4 Å². The fraction of sp³-hybridized carbons (Fsp3) is 0.412.